The molecule has 0 spiro atoms. The van der Waals surface area contributed by atoms with Crippen LogP contribution in [0, 0.1) is 0 Å². The van der Waals surface area contributed by atoms with E-state index in [0.29, 0.717) is 13.1 Å². The molecule has 1 aromatic carbocycles. The van der Waals surface area contributed by atoms with E-state index < -0.39 is 30.3 Å². The zero-order chi connectivity index (χ0) is 17.3. The van der Waals surface area contributed by atoms with Gasteiger partial charge in [-0.3, -0.25) is 4.90 Å². The second kappa shape index (κ2) is 8.27. The summed E-state index contributed by atoms with van der Waals surface area (Å²) in [6.07, 6.45) is -4.63. The summed E-state index contributed by atoms with van der Waals surface area (Å²) in [7, 11) is 0. The van der Waals surface area contributed by atoms with Gasteiger partial charge in [0.15, 0.2) is 0 Å². The molecule has 0 bridgehead atoms. The van der Waals surface area contributed by atoms with Gasteiger partial charge in [0.1, 0.15) is 12.6 Å². The zero-order valence-electron chi connectivity index (χ0n) is 12.4. The third-order valence-corrected chi connectivity index (χ3v) is 4.47. The first-order valence-corrected chi connectivity index (χ1v) is 7.76. The highest BCUT2D eigenvalue weighted by molar-refractivity contribution is 9.10. The van der Waals surface area contributed by atoms with Crippen molar-refractivity contribution in [2.24, 2.45) is 0 Å². The maximum atomic E-state index is 14.3. The molecule has 1 aliphatic heterocycles. The van der Waals surface area contributed by atoms with Gasteiger partial charge < -0.3 is 10.4 Å². The van der Waals surface area contributed by atoms with E-state index in [2.05, 4.69) is 21.2 Å². The molecule has 2 N–H and O–H groups in total. The standard InChI is InChI=1S/C14H16BrF5N2O.ClH/c15-11-2-1-9(14(18,19)20)7-10(11)12(13(16,17)8-23)22-5-3-21-4-6-22;/h1-2,7,12,21,23H,3-6,8H2;1H/t12-;/m1./s1. The minimum absolute atomic E-state index is 0. The Kier molecular flexibility index (Phi) is 7.43. The fourth-order valence-electron chi connectivity index (χ4n) is 2.65. The summed E-state index contributed by atoms with van der Waals surface area (Å²) in [5.74, 6) is -3.57. The van der Waals surface area contributed by atoms with Crippen molar-refractivity contribution < 1.29 is 27.1 Å². The number of hydrogen-bond acceptors (Lipinski definition) is 3. The Morgan fingerprint density at radius 3 is 2.25 bits per heavy atom. The highest BCUT2D eigenvalue weighted by atomic mass is 79.9. The zero-order valence-corrected chi connectivity index (χ0v) is 14.8. The molecule has 0 aliphatic carbocycles. The Labute approximate surface area is 150 Å². The second-order valence-corrected chi connectivity index (χ2v) is 6.20. The van der Waals surface area contributed by atoms with E-state index in [4.69, 9.17) is 5.11 Å². The summed E-state index contributed by atoms with van der Waals surface area (Å²) in [6.45, 7) is -0.0284. The lowest BCUT2D eigenvalue weighted by molar-refractivity contribution is -0.138. The van der Waals surface area contributed by atoms with Crippen LogP contribution in [0.4, 0.5) is 22.0 Å². The molecule has 0 aromatic heterocycles. The van der Waals surface area contributed by atoms with E-state index in [1.165, 1.54) is 4.90 Å². The van der Waals surface area contributed by atoms with Crippen LogP contribution in [0.15, 0.2) is 22.7 Å². The molecule has 0 unspecified atom stereocenters. The molecule has 0 saturated carbocycles. The average molecular weight is 440 g/mol. The van der Waals surface area contributed by atoms with E-state index in [9.17, 15) is 22.0 Å². The predicted molar refractivity (Wildman–Crippen MR) is 85.6 cm³/mol. The van der Waals surface area contributed by atoms with Gasteiger partial charge in [-0.25, -0.2) is 8.78 Å². The van der Waals surface area contributed by atoms with E-state index >= 15 is 0 Å². The molecule has 138 valence electrons. The molecular weight excluding hydrogens is 423 g/mol. The number of nitrogens with one attached hydrogen (secondary N) is 1. The number of nitrogens with zero attached hydrogens (tertiary/aromatic N) is 1. The van der Waals surface area contributed by atoms with Gasteiger partial charge in [-0.05, 0) is 23.8 Å². The molecule has 10 heteroatoms. The largest absolute Gasteiger partial charge is 0.416 e. The van der Waals surface area contributed by atoms with Crippen LogP contribution >= 0.6 is 28.3 Å². The molecule has 1 saturated heterocycles. The molecule has 0 amide bonds. The number of rotatable bonds is 4. The third kappa shape index (κ3) is 4.78. The molecule has 1 aliphatic rings. The summed E-state index contributed by atoms with van der Waals surface area (Å²) in [5.41, 5.74) is -1.18. The number of benzene rings is 1. The minimum atomic E-state index is -4.63. The van der Waals surface area contributed by atoms with Crippen molar-refractivity contribution in [3.05, 3.63) is 33.8 Å². The maximum Gasteiger partial charge on any atom is 0.416 e. The first-order chi connectivity index (χ1) is 10.7. The molecule has 1 heterocycles. The van der Waals surface area contributed by atoms with Crippen molar-refractivity contribution in [2.45, 2.75) is 18.1 Å². The number of aliphatic hydroxyl groups is 1. The third-order valence-electron chi connectivity index (χ3n) is 3.75. The highest BCUT2D eigenvalue weighted by Gasteiger charge is 2.45. The number of halogens is 7. The van der Waals surface area contributed by atoms with Crippen molar-refractivity contribution in [3.63, 3.8) is 0 Å². The van der Waals surface area contributed by atoms with Crippen LogP contribution in [0.1, 0.15) is 17.2 Å². The molecule has 0 radical (unpaired) electrons. The Hall–Kier alpha value is -0.480. The summed E-state index contributed by atoms with van der Waals surface area (Å²) in [6, 6.07) is 1.03. The second-order valence-electron chi connectivity index (χ2n) is 5.34. The van der Waals surface area contributed by atoms with Crippen LogP contribution in [-0.2, 0) is 6.18 Å². The predicted octanol–water partition coefficient (Wildman–Crippen LogP) is 3.46. The topological polar surface area (TPSA) is 35.5 Å². The first kappa shape index (κ1) is 21.6. The van der Waals surface area contributed by atoms with E-state index in [1.807, 2.05) is 0 Å². The average Bonchev–Trinajstić information content (AvgIpc) is 2.49. The lowest BCUT2D eigenvalue weighted by Gasteiger charge is -2.39. The van der Waals surface area contributed by atoms with Crippen molar-refractivity contribution in [2.75, 3.05) is 32.8 Å². The summed E-state index contributed by atoms with van der Waals surface area (Å²) in [5, 5.41) is 12.0. The Balaban J connectivity index is 0.00000288. The lowest BCUT2D eigenvalue weighted by Crippen LogP contribution is -2.51. The van der Waals surface area contributed by atoms with Crippen LogP contribution in [0.2, 0.25) is 0 Å². The fourth-order valence-corrected chi connectivity index (χ4v) is 3.11. The highest BCUT2D eigenvalue weighted by Crippen LogP contribution is 2.42. The summed E-state index contributed by atoms with van der Waals surface area (Å²) in [4.78, 5) is 1.40. The van der Waals surface area contributed by atoms with Crippen LogP contribution in [0.3, 0.4) is 0 Å². The van der Waals surface area contributed by atoms with Crippen LogP contribution < -0.4 is 5.32 Å². The number of piperazine rings is 1. The van der Waals surface area contributed by atoms with Gasteiger partial charge in [0, 0.05) is 30.7 Å². The van der Waals surface area contributed by atoms with Crippen molar-refractivity contribution in [1.82, 2.24) is 10.2 Å². The van der Waals surface area contributed by atoms with Gasteiger partial charge in [0.25, 0.3) is 5.92 Å². The molecule has 1 fully saturated rings. The number of alkyl halides is 5. The quantitative estimate of drug-likeness (QED) is 0.706. The summed E-state index contributed by atoms with van der Waals surface area (Å²) < 4.78 is 67.4. The lowest BCUT2D eigenvalue weighted by atomic mass is 9.96. The van der Waals surface area contributed by atoms with Crippen molar-refractivity contribution in [1.29, 1.82) is 0 Å². The van der Waals surface area contributed by atoms with E-state index in [0.717, 1.165) is 18.2 Å². The van der Waals surface area contributed by atoms with Gasteiger partial charge in [0.05, 0.1) is 5.56 Å². The number of hydrogen-bond donors (Lipinski definition) is 2. The first-order valence-electron chi connectivity index (χ1n) is 6.97. The normalized spacial score (nSPS) is 18.1. The molecular formula is C14H17BrClF5N2O. The van der Waals surface area contributed by atoms with Crippen LogP contribution in [0.5, 0.6) is 0 Å². The van der Waals surface area contributed by atoms with Crippen molar-refractivity contribution >= 4 is 28.3 Å². The fraction of sp³-hybridized carbons (Fsp3) is 0.571. The Bertz CT molecular complexity index is 552. The van der Waals surface area contributed by atoms with E-state index in [-0.39, 0.29) is 35.5 Å². The minimum Gasteiger partial charge on any atom is -0.390 e. The van der Waals surface area contributed by atoms with Gasteiger partial charge in [-0.2, -0.15) is 13.2 Å². The van der Waals surface area contributed by atoms with E-state index in [1.54, 1.807) is 0 Å². The SMILES string of the molecule is Cl.OCC(F)(F)[C@@H](c1cc(C(F)(F)F)ccc1Br)N1CCNCC1. The maximum absolute atomic E-state index is 14.3. The Morgan fingerprint density at radius 2 is 1.75 bits per heavy atom. The van der Waals surface area contributed by atoms with Gasteiger partial charge in [-0.1, -0.05) is 15.9 Å². The van der Waals surface area contributed by atoms with Crippen molar-refractivity contribution in [3.8, 4) is 0 Å². The van der Waals surface area contributed by atoms with Gasteiger partial charge in [-0.15, -0.1) is 12.4 Å². The summed E-state index contributed by atoms with van der Waals surface area (Å²) >= 11 is 3.06. The molecule has 1 atom stereocenters. The number of aliphatic hydroxyl groups excluding tert-OH is 1. The Morgan fingerprint density at radius 1 is 1.17 bits per heavy atom. The smallest absolute Gasteiger partial charge is 0.390 e. The molecule has 3 nitrogen and oxygen atoms in total. The molecule has 1 aromatic rings. The molecule has 2 rings (SSSR count). The van der Waals surface area contributed by atoms with Gasteiger partial charge >= 0.3 is 6.18 Å². The van der Waals surface area contributed by atoms with Crippen LogP contribution in [0.25, 0.3) is 0 Å². The monoisotopic (exact) mass is 438 g/mol. The van der Waals surface area contributed by atoms with Crippen LogP contribution in [-0.4, -0.2) is 48.7 Å². The molecule has 24 heavy (non-hydrogen) atoms. The van der Waals surface area contributed by atoms with Gasteiger partial charge in [0.2, 0.25) is 0 Å².